The van der Waals surface area contributed by atoms with Gasteiger partial charge in [-0.05, 0) is 25.7 Å². The normalized spacial score (nSPS) is 36.2. The van der Waals surface area contributed by atoms with Gasteiger partial charge in [0, 0.05) is 21.6 Å². The number of carbonyl (C=O) groups excluding carboxylic acids is 1. The lowest BCUT2D eigenvalue weighted by atomic mass is 9.94. The van der Waals surface area contributed by atoms with Crippen LogP contribution < -0.4 is 0 Å². The molecule has 0 bridgehead atoms. The highest BCUT2D eigenvalue weighted by Gasteiger charge is 2.75. The molecule has 4 atom stereocenters. The second-order valence-corrected chi connectivity index (χ2v) is 13.9. The molecule has 22 heavy (non-hydrogen) atoms. The highest BCUT2D eigenvalue weighted by atomic mass is 32.9. The van der Waals surface area contributed by atoms with Crippen molar-refractivity contribution in [1.29, 1.82) is 0 Å². The molecule has 118 valence electrons. The van der Waals surface area contributed by atoms with Crippen LogP contribution in [0.3, 0.4) is 0 Å². The number of carbonyl (C=O) groups is 1. The summed E-state index contributed by atoms with van der Waals surface area (Å²) < 4.78 is 5.30. The van der Waals surface area contributed by atoms with E-state index in [0.717, 1.165) is 0 Å². The van der Waals surface area contributed by atoms with Crippen molar-refractivity contribution >= 4 is 39.7 Å². The molecule has 2 aliphatic rings. The fourth-order valence-corrected chi connectivity index (χ4v) is 12.4. The van der Waals surface area contributed by atoms with Gasteiger partial charge in [0.2, 0.25) is 0 Å². The Morgan fingerprint density at radius 1 is 1.41 bits per heavy atom. The van der Waals surface area contributed by atoms with Gasteiger partial charge in [-0.15, -0.1) is 11.4 Å². The highest BCUT2D eigenvalue weighted by molar-refractivity contribution is 8.74. The molecular formula is C17H21O2PS2. The monoisotopic (exact) mass is 352 g/mol. The first-order valence-electron chi connectivity index (χ1n) is 7.52. The van der Waals surface area contributed by atoms with Crippen LogP contribution in [0.25, 0.3) is 5.31 Å². The van der Waals surface area contributed by atoms with Crippen molar-refractivity contribution in [2.75, 3.05) is 12.9 Å². The molecule has 1 aliphatic heterocycles. The van der Waals surface area contributed by atoms with Crippen molar-refractivity contribution in [3.8, 4) is 0 Å². The standard InChI is InChI=1S/C17H21O2PS2/c1-5-19-16(18)13-15-17(13,3)11(2)14(20(15,21)22-4)12-9-7-6-8-10-12/h6-10,13,15H,5H2,1-4H3. The molecule has 1 saturated carbocycles. The molecule has 1 fully saturated rings. The number of hydrogen-bond acceptors (Lipinski definition) is 4. The Bertz CT molecular complexity index is 698. The van der Waals surface area contributed by atoms with Crippen LogP contribution in [0.5, 0.6) is 0 Å². The van der Waals surface area contributed by atoms with E-state index in [0.29, 0.717) is 6.61 Å². The lowest BCUT2D eigenvalue weighted by Crippen LogP contribution is -2.14. The van der Waals surface area contributed by atoms with Crippen LogP contribution in [0.2, 0.25) is 0 Å². The summed E-state index contributed by atoms with van der Waals surface area (Å²) in [5.41, 5.74) is 2.70. The predicted molar refractivity (Wildman–Crippen MR) is 98.9 cm³/mol. The molecule has 0 N–H and O–H groups in total. The number of hydrogen-bond donors (Lipinski definition) is 0. The Labute approximate surface area is 141 Å². The van der Waals surface area contributed by atoms with E-state index in [9.17, 15) is 4.79 Å². The SMILES string of the molecule is CCOC(=O)C1C2C1(C)C(C)=C(c1ccccc1)P2(=S)SC. The van der Waals surface area contributed by atoms with Gasteiger partial charge < -0.3 is 4.74 Å². The molecule has 5 heteroatoms. The van der Waals surface area contributed by atoms with E-state index >= 15 is 0 Å². The zero-order chi connectivity index (χ0) is 16.1. The van der Waals surface area contributed by atoms with Gasteiger partial charge in [0.1, 0.15) is 0 Å². The van der Waals surface area contributed by atoms with E-state index in [1.54, 1.807) is 11.4 Å². The third-order valence-corrected chi connectivity index (χ3v) is 13.9. The zero-order valence-corrected chi connectivity index (χ0v) is 15.9. The molecule has 1 aromatic rings. The first-order valence-corrected chi connectivity index (χ1v) is 12.2. The van der Waals surface area contributed by atoms with Gasteiger partial charge >= 0.3 is 5.97 Å². The molecule has 4 unspecified atom stereocenters. The third-order valence-electron chi connectivity index (χ3n) is 5.17. The smallest absolute Gasteiger partial charge is 0.310 e. The summed E-state index contributed by atoms with van der Waals surface area (Å²) in [6, 6.07) is 10.4. The predicted octanol–water partition coefficient (Wildman–Crippen LogP) is 4.76. The molecule has 1 aliphatic carbocycles. The average molecular weight is 352 g/mol. The molecule has 0 aromatic heterocycles. The van der Waals surface area contributed by atoms with Crippen LogP contribution in [0.15, 0.2) is 35.9 Å². The number of esters is 1. The van der Waals surface area contributed by atoms with Gasteiger partial charge in [0.15, 0.2) is 0 Å². The van der Waals surface area contributed by atoms with Crippen molar-refractivity contribution in [2.24, 2.45) is 11.3 Å². The van der Waals surface area contributed by atoms with Crippen LogP contribution in [0, 0.1) is 11.3 Å². The minimum absolute atomic E-state index is 0.0433. The minimum Gasteiger partial charge on any atom is -0.466 e. The Balaban J connectivity index is 2.10. The van der Waals surface area contributed by atoms with Crippen molar-refractivity contribution in [3.63, 3.8) is 0 Å². The summed E-state index contributed by atoms with van der Waals surface area (Å²) in [5, 5.41) is -0.490. The molecule has 0 amide bonds. The Hall–Kier alpha value is -0.570. The fraction of sp³-hybridized carbons (Fsp3) is 0.471. The maximum absolute atomic E-state index is 12.3. The topological polar surface area (TPSA) is 26.3 Å². The maximum atomic E-state index is 12.3. The first-order chi connectivity index (χ1) is 10.4. The number of benzene rings is 1. The largest absolute Gasteiger partial charge is 0.466 e. The molecule has 1 heterocycles. The summed E-state index contributed by atoms with van der Waals surface area (Å²) in [5.74, 6) is -0.108. The Morgan fingerprint density at radius 2 is 2.05 bits per heavy atom. The number of rotatable bonds is 4. The summed E-state index contributed by atoms with van der Waals surface area (Å²) in [6.45, 7) is 6.66. The molecule has 2 nitrogen and oxygen atoms in total. The molecule has 0 radical (unpaired) electrons. The summed E-state index contributed by atoms with van der Waals surface area (Å²) >= 11 is 7.96. The molecule has 3 rings (SSSR count). The second kappa shape index (κ2) is 5.51. The molecule has 0 saturated heterocycles. The molecular weight excluding hydrogens is 331 g/mol. The van der Waals surface area contributed by atoms with Crippen molar-refractivity contribution < 1.29 is 9.53 Å². The minimum atomic E-state index is -1.83. The number of fused-ring (bicyclic) bond motifs is 1. The van der Waals surface area contributed by atoms with Gasteiger partial charge in [0.05, 0.1) is 12.5 Å². The van der Waals surface area contributed by atoms with Crippen LogP contribution >= 0.6 is 16.6 Å². The lowest BCUT2D eigenvalue weighted by molar-refractivity contribution is -0.145. The summed E-state index contributed by atoms with van der Waals surface area (Å²) in [6.07, 6.45) is 2.10. The average Bonchev–Trinajstić information content (AvgIpc) is 3.12. The van der Waals surface area contributed by atoms with Gasteiger partial charge in [-0.2, -0.15) is 0 Å². The third kappa shape index (κ3) is 2.00. The van der Waals surface area contributed by atoms with E-state index in [4.69, 9.17) is 16.5 Å². The quantitative estimate of drug-likeness (QED) is 0.577. The van der Waals surface area contributed by atoms with Crippen LogP contribution in [-0.2, 0) is 21.3 Å². The highest BCUT2D eigenvalue weighted by Crippen LogP contribution is 2.91. The Morgan fingerprint density at radius 3 is 2.59 bits per heavy atom. The van der Waals surface area contributed by atoms with Crippen LogP contribution in [0.1, 0.15) is 26.3 Å². The van der Waals surface area contributed by atoms with Crippen molar-refractivity contribution in [2.45, 2.75) is 26.4 Å². The van der Waals surface area contributed by atoms with E-state index in [1.807, 2.05) is 13.0 Å². The summed E-state index contributed by atoms with van der Waals surface area (Å²) in [7, 11) is 0. The number of ether oxygens (including phenoxy) is 1. The van der Waals surface area contributed by atoms with Crippen molar-refractivity contribution in [3.05, 3.63) is 41.5 Å². The van der Waals surface area contributed by atoms with Crippen LogP contribution in [0.4, 0.5) is 0 Å². The fourth-order valence-electron chi connectivity index (χ4n) is 3.93. The summed E-state index contributed by atoms with van der Waals surface area (Å²) in [4.78, 5) is 12.3. The van der Waals surface area contributed by atoms with Gasteiger partial charge in [-0.1, -0.05) is 54.6 Å². The Kier molecular flexibility index (Phi) is 4.08. The molecule has 0 spiro atoms. The van der Waals surface area contributed by atoms with Crippen molar-refractivity contribution in [1.82, 2.24) is 0 Å². The van der Waals surface area contributed by atoms with E-state index in [-0.39, 0.29) is 23.0 Å². The first kappa shape index (κ1) is 16.3. The number of allylic oxidation sites excluding steroid dienone is 1. The van der Waals surface area contributed by atoms with E-state index < -0.39 is 5.24 Å². The van der Waals surface area contributed by atoms with Gasteiger partial charge in [-0.3, -0.25) is 4.79 Å². The zero-order valence-electron chi connectivity index (χ0n) is 13.3. The van der Waals surface area contributed by atoms with Gasteiger partial charge in [-0.25, -0.2) is 0 Å². The van der Waals surface area contributed by atoms with Crippen LogP contribution in [-0.4, -0.2) is 24.5 Å². The lowest BCUT2D eigenvalue weighted by Gasteiger charge is -2.23. The molecule has 1 aromatic carbocycles. The maximum Gasteiger partial charge on any atom is 0.310 e. The second-order valence-electron chi connectivity index (χ2n) is 6.08. The van der Waals surface area contributed by atoms with Gasteiger partial charge in [0.25, 0.3) is 0 Å². The van der Waals surface area contributed by atoms with E-state index in [2.05, 4.69) is 44.4 Å². The van der Waals surface area contributed by atoms with E-state index in [1.165, 1.54) is 16.5 Å².